The molecular formula is C21H20N2O5S. The molecule has 4 rings (SSSR count). The fourth-order valence-corrected chi connectivity index (χ4v) is 4.14. The standard InChI is InChI=1S/C21H20N2O5S/c1-13(24)28-16-8-6-15(7-9-16)23-19(25)11-18(21(23)27)22(20(26)14-4-5-14)12-17-3-2-10-29-17/h2-3,6-10,14,18H,4-5,11-12H2,1H3. The first-order chi connectivity index (χ1) is 13.9. The molecule has 1 saturated carbocycles. The summed E-state index contributed by atoms with van der Waals surface area (Å²) in [7, 11) is 0. The molecule has 0 spiro atoms. The molecule has 1 saturated heterocycles. The van der Waals surface area contributed by atoms with Gasteiger partial charge >= 0.3 is 5.97 Å². The number of ether oxygens (including phenoxy) is 1. The van der Waals surface area contributed by atoms with Crippen LogP contribution in [0.5, 0.6) is 5.75 Å². The molecule has 2 aromatic rings. The Morgan fingerprint density at radius 2 is 1.90 bits per heavy atom. The highest BCUT2D eigenvalue weighted by Gasteiger charge is 2.46. The van der Waals surface area contributed by atoms with Crippen molar-refractivity contribution in [2.45, 2.75) is 38.8 Å². The van der Waals surface area contributed by atoms with Gasteiger partial charge in [0.15, 0.2) is 0 Å². The number of hydrogen-bond donors (Lipinski definition) is 0. The normalized spacial score (nSPS) is 18.8. The van der Waals surface area contributed by atoms with Gasteiger partial charge < -0.3 is 9.64 Å². The number of rotatable bonds is 6. The molecule has 1 unspecified atom stereocenters. The van der Waals surface area contributed by atoms with E-state index < -0.39 is 17.9 Å². The summed E-state index contributed by atoms with van der Waals surface area (Å²) in [6.07, 6.45) is 1.63. The van der Waals surface area contributed by atoms with Crippen molar-refractivity contribution in [2.75, 3.05) is 4.90 Å². The number of anilines is 1. The Balaban J connectivity index is 1.56. The van der Waals surface area contributed by atoms with Gasteiger partial charge in [0, 0.05) is 17.7 Å². The molecule has 1 atom stereocenters. The number of nitrogens with zero attached hydrogens (tertiary/aromatic N) is 2. The van der Waals surface area contributed by atoms with E-state index in [1.807, 2.05) is 17.5 Å². The van der Waals surface area contributed by atoms with Crippen LogP contribution in [-0.2, 0) is 25.7 Å². The summed E-state index contributed by atoms with van der Waals surface area (Å²) < 4.78 is 4.99. The third kappa shape index (κ3) is 4.07. The average Bonchev–Trinajstić information content (AvgIpc) is 3.33. The van der Waals surface area contributed by atoms with Crippen molar-refractivity contribution in [2.24, 2.45) is 5.92 Å². The summed E-state index contributed by atoms with van der Waals surface area (Å²) in [5.41, 5.74) is 0.397. The molecule has 2 heterocycles. The Kier molecular flexibility index (Phi) is 5.19. The number of benzene rings is 1. The van der Waals surface area contributed by atoms with Crippen molar-refractivity contribution in [1.82, 2.24) is 4.90 Å². The molecule has 8 heteroatoms. The molecule has 1 aromatic carbocycles. The lowest BCUT2D eigenvalue weighted by molar-refractivity contribution is -0.140. The van der Waals surface area contributed by atoms with E-state index in [-0.39, 0.29) is 24.2 Å². The number of hydrogen-bond acceptors (Lipinski definition) is 6. The maximum atomic E-state index is 13.1. The lowest BCUT2D eigenvalue weighted by Gasteiger charge is -2.27. The zero-order valence-electron chi connectivity index (χ0n) is 15.9. The SMILES string of the molecule is CC(=O)Oc1ccc(N2C(=O)CC(N(Cc3cccs3)C(=O)C3CC3)C2=O)cc1. The molecule has 3 amide bonds. The fraction of sp³-hybridized carbons (Fsp3) is 0.333. The van der Waals surface area contributed by atoms with Crippen LogP contribution in [0.1, 0.15) is 31.1 Å². The molecule has 0 radical (unpaired) electrons. The van der Waals surface area contributed by atoms with E-state index in [9.17, 15) is 19.2 Å². The molecule has 2 fully saturated rings. The highest BCUT2D eigenvalue weighted by Crippen LogP contribution is 2.35. The largest absolute Gasteiger partial charge is 0.427 e. The monoisotopic (exact) mass is 412 g/mol. The van der Waals surface area contributed by atoms with Crippen LogP contribution in [0.2, 0.25) is 0 Å². The fourth-order valence-electron chi connectivity index (χ4n) is 3.44. The number of carbonyl (C=O) groups is 4. The van der Waals surface area contributed by atoms with Crippen molar-refractivity contribution < 1.29 is 23.9 Å². The van der Waals surface area contributed by atoms with Gasteiger partial charge in [0.1, 0.15) is 11.8 Å². The Morgan fingerprint density at radius 1 is 1.17 bits per heavy atom. The highest BCUT2D eigenvalue weighted by molar-refractivity contribution is 7.09. The number of carbonyl (C=O) groups excluding carboxylic acids is 4. The molecule has 150 valence electrons. The summed E-state index contributed by atoms with van der Waals surface area (Å²) in [5.74, 6) is -0.971. The van der Waals surface area contributed by atoms with Gasteiger partial charge in [0.25, 0.3) is 5.91 Å². The van der Waals surface area contributed by atoms with Crippen LogP contribution in [0.15, 0.2) is 41.8 Å². The highest BCUT2D eigenvalue weighted by atomic mass is 32.1. The van der Waals surface area contributed by atoms with E-state index in [4.69, 9.17) is 4.74 Å². The van der Waals surface area contributed by atoms with Gasteiger partial charge in [0.2, 0.25) is 11.8 Å². The zero-order valence-corrected chi connectivity index (χ0v) is 16.7. The van der Waals surface area contributed by atoms with Crippen molar-refractivity contribution >= 4 is 40.7 Å². The molecule has 1 aliphatic heterocycles. The van der Waals surface area contributed by atoms with Crippen LogP contribution in [0.3, 0.4) is 0 Å². The van der Waals surface area contributed by atoms with Gasteiger partial charge in [-0.1, -0.05) is 6.07 Å². The molecule has 2 aliphatic rings. The second-order valence-electron chi connectivity index (χ2n) is 7.19. The van der Waals surface area contributed by atoms with E-state index in [0.717, 1.165) is 22.6 Å². The Morgan fingerprint density at radius 3 is 2.48 bits per heavy atom. The number of thiophene rings is 1. The van der Waals surface area contributed by atoms with Gasteiger partial charge in [-0.05, 0) is 48.6 Å². The van der Waals surface area contributed by atoms with E-state index in [0.29, 0.717) is 18.0 Å². The van der Waals surface area contributed by atoms with Gasteiger partial charge in [-0.3, -0.25) is 19.2 Å². The lowest BCUT2D eigenvalue weighted by Crippen LogP contribution is -2.45. The smallest absolute Gasteiger partial charge is 0.308 e. The van der Waals surface area contributed by atoms with Gasteiger partial charge in [-0.25, -0.2) is 4.90 Å². The van der Waals surface area contributed by atoms with Crippen molar-refractivity contribution in [3.63, 3.8) is 0 Å². The van der Waals surface area contributed by atoms with Crippen LogP contribution in [0.4, 0.5) is 5.69 Å². The molecule has 0 N–H and O–H groups in total. The molecule has 7 nitrogen and oxygen atoms in total. The van der Waals surface area contributed by atoms with Crippen LogP contribution < -0.4 is 9.64 Å². The predicted octanol–water partition coefficient (Wildman–Crippen LogP) is 2.74. The Bertz CT molecular complexity index is 950. The number of esters is 1. The van der Waals surface area contributed by atoms with E-state index in [1.54, 1.807) is 17.0 Å². The number of amides is 3. The predicted molar refractivity (Wildman–Crippen MR) is 106 cm³/mol. The minimum absolute atomic E-state index is 0.0334. The lowest BCUT2D eigenvalue weighted by atomic mass is 10.1. The number of imide groups is 1. The summed E-state index contributed by atoms with van der Waals surface area (Å²) in [6, 6.07) is 9.20. The Labute approximate surface area is 171 Å². The van der Waals surface area contributed by atoms with Crippen LogP contribution >= 0.6 is 11.3 Å². The maximum Gasteiger partial charge on any atom is 0.308 e. The van der Waals surface area contributed by atoms with Crippen molar-refractivity contribution in [1.29, 1.82) is 0 Å². The third-order valence-corrected chi connectivity index (χ3v) is 5.83. The average molecular weight is 412 g/mol. The summed E-state index contributed by atoms with van der Waals surface area (Å²) in [5, 5.41) is 1.92. The summed E-state index contributed by atoms with van der Waals surface area (Å²) >= 11 is 1.52. The van der Waals surface area contributed by atoms with Crippen LogP contribution in [0, 0.1) is 5.92 Å². The van der Waals surface area contributed by atoms with Crippen LogP contribution in [-0.4, -0.2) is 34.6 Å². The first-order valence-electron chi connectivity index (χ1n) is 9.42. The zero-order chi connectivity index (χ0) is 20.5. The quantitative estimate of drug-likeness (QED) is 0.414. The maximum absolute atomic E-state index is 13.1. The molecule has 1 aromatic heterocycles. The molecule has 1 aliphatic carbocycles. The summed E-state index contributed by atoms with van der Waals surface area (Å²) in [4.78, 5) is 53.4. The minimum atomic E-state index is -0.800. The van der Waals surface area contributed by atoms with Gasteiger partial charge in [0.05, 0.1) is 18.7 Å². The first kappa shape index (κ1) is 19.3. The second-order valence-corrected chi connectivity index (χ2v) is 8.23. The van der Waals surface area contributed by atoms with Crippen molar-refractivity contribution in [3.8, 4) is 5.75 Å². The molecule has 29 heavy (non-hydrogen) atoms. The van der Waals surface area contributed by atoms with E-state index in [2.05, 4.69) is 0 Å². The summed E-state index contributed by atoms with van der Waals surface area (Å²) in [6.45, 7) is 1.63. The molecular weight excluding hydrogens is 392 g/mol. The van der Waals surface area contributed by atoms with Crippen LogP contribution in [0.25, 0.3) is 0 Å². The van der Waals surface area contributed by atoms with Crippen molar-refractivity contribution in [3.05, 3.63) is 46.7 Å². The minimum Gasteiger partial charge on any atom is -0.427 e. The first-order valence-corrected chi connectivity index (χ1v) is 10.3. The van der Waals surface area contributed by atoms with Gasteiger partial charge in [-0.15, -0.1) is 11.3 Å². The van der Waals surface area contributed by atoms with Gasteiger partial charge in [-0.2, -0.15) is 0 Å². The topological polar surface area (TPSA) is 84.0 Å². The Hall–Kier alpha value is -3.00. The van der Waals surface area contributed by atoms with E-state index >= 15 is 0 Å². The third-order valence-electron chi connectivity index (χ3n) is 4.97. The molecule has 0 bridgehead atoms. The van der Waals surface area contributed by atoms with E-state index in [1.165, 1.54) is 30.4 Å². The second kappa shape index (κ2) is 7.79.